The number of hydrogen-bond acceptors (Lipinski definition) is 2. The Hall–Kier alpha value is -1.03. The molecule has 2 amide bonds. The highest BCUT2D eigenvalue weighted by molar-refractivity contribution is 5.75. The van der Waals surface area contributed by atoms with Crippen molar-refractivity contribution in [2.24, 2.45) is 11.8 Å². The van der Waals surface area contributed by atoms with Crippen LogP contribution in [0.3, 0.4) is 0 Å². The minimum Gasteiger partial charge on any atom is -0.338 e. The van der Waals surface area contributed by atoms with E-state index in [0.29, 0.717) is 12.0 Å². The molecule has 4 heteroatoms. The molecule has 0 saturated carbocycles. The number of likely N-dealkylation sites (tertiary alicyclic amines) is 1. The van der Waals surface area contributed by atoms with Crippen molar-refractivity contribution in [3.63, 3.8) is 0 Å². The number of amides is 2. The van der Waals surface area contributed by atoms with Crippen molar-refractivity contribution in [3.05, 3.63) is 11.6 Å². The summed E-state index contributed by atoms with van der Waals surface area (Å²) in [6.07, 6.45) is 10.4. The average molecular weight is 303 g/mol. The van der Waals surface area contributed by atoms with Crippen molar-refractivity contribution < 1.29 is 4.79 Å². The van der Waals surface area contributed by atoms with E-state index in [1.54, 1.807) is 5.57 Å². The summed E-state index contributed by atoms with van der Waals surface area (Å²) >= 11 is 0. The van der Waals surface area contributed by atoms with Crippen molar-refractivity contribution in [2.45, 2.75) is 57.5 Å². The maximum atomic E-state index is 12.5. The van der Waals surface area contributed by atoms with Crippen LogP contribution in [-0.4, -0.2) is 54.1 Å². The van der Waals surface area contributed by atoms with Crippen LogP contribution in [0.4, 0.5) is 4.79 Å². The van der Waals surface area contributed by atoms with Crippen molar-refractivity contribution in [2.75, 3.05) is 26.2 Å². The van der Waals surface area contributed by atoms with Crippen LogP contribution in [0, 0.1) is 11.8 Å². The van der Waals surface area contributed by atoms with Crippen LogP contribution in [0.1, 0.15) is 45.4 Å². The Labute approximate surface area is 133 Å². The van der Waals surface area contributed by atoms with Gasteiger partial charge in [-0.1, -0.05) is 18.1 Å². The number of carbonyl (C=O) groups excluding carboxylic acids is 1. The molecule has 1 N–H and O–H groups in total. The zero-order valence-corrected chi connectivity index (χ0v) is 13.8. The lowest BCUT2D eigenvalue weighted by Gasteiger charge is -2.54. The first-order chi connectivity index (χ1) is 10.8. The first-order valence-electron chi connectivity index (χ1n) is 9.27. The second-order valence-electron chi connectivity index (χ2n) is 7.54. The molecular weight excluding hydrogens is 274 g/mol. The molecule has 0 aromatic rings. The van der Waals surface area contributed by atoms with Gasteiger partial charge < -0.3 is 10.2 Å². The molecule has 2 unspecified atom stereocenters. The van der Waals surface area contributed by atoms with Gasteiger partial charge in [-0.15, -0.1) is 0 Å². The van der Waals surface area contributed by atoms with Crippen LogP contribution in [0.15, 0.2) is 11.6 Å². The molecule has 0 aromatic carbocycles. The Bertz CT molecular complexity index is 475. The standard InChI is InChI=1S/C18H29N3O/c1-2-19-18(22)21-9-5-6-13-10-14-11-15(17(13)21)12-20-8-4-3-7-16(14)20/h10,14-17H,2-9,11-12H2,1H3,(H,19,22)/t14?,15?,16-,17-/m1/s1. The average Bonchev–Trinajstić information content (AvgIpc) is 2.54. The van der Waals surface area contributed by atoms with E-state index in [4.69, 9.17) is 0 Å². The number of rotatable bonds is 1. The fraction of sp³-hybridized carbons (Fsp3) is 0.833. The first-order valence-corrected chi connectivity index (χ1v) is 9.27. The summed E-state index contributed by atoms with van der Waals surface area (Å²) in [5.41, 5.74) is 1.57. The Morgan fingerprint density at radius 2 is 2.23 bits per heavy atom. The highest BCUT2D eigenvalue weighted by Gasteiger charge is 2.46. The fourth-order valence-electron chi connectivity index (χ4n) is 5.45. The van der Waals surface area contributed by atoms with Gasteiger partial charge in [0.1, 0.15) is 0 Å². The lowest BCUT2D eigenvalue weighted by Crippen LogP contribution is -2.61. The number of hydrogen-bond donors (Lipinski definition) is 1. The zero-order chi connectivity index (χ0) is 15.1. The molecule has 3 aliphatic heterocycles. The van der Waals surface area contributed by atoms with Crippen molar-refractivity contribution >= 4 is 6.03 Å². The van der Waals surface area contributed by atoms with Gasteiger partial charge in [-0.05, 0) is 57.4 Å². The van der Waals surface area contributed by atoms with Gasteiger partial charge in [0.15, 0.2) is 0 Å². The summed E-state index contributed by atoms with van der Waals surface area (Å²) in [4.78, 5) is 17.3. The molecule has 0 radical (unpaired) electrons. The van der Waals surface area contributed by atoms with Crippen molar-refractivity contribution in [1.82, 2.24) is 15.1 Å². The van der Waals surface area contributed by atoms with Crippen LogP contribution < -0.4 is 5.32 Å². The van der Waals surface area contributed by atoms with Crippen molar-refractivity contribution in [1.29, 1.82) is 0 Å². The van der Waals surface area contributed by atoms with E-state index < -0.39 is 0 Å². The van der Waals surface area contributed by atoms with E-state index >= 15 is 0 Å². The molecule has 3 heterocycles. The number of fused-ring (bicyclic) bond motifs is 6. The Kier molecular flexibility index (Phi) is 3.89. The van der Waals surface area contributed by atoms with Crippen LogP contribution in [0.2, 0.25) is 0 Å². The first kappa shape index (κ1) is 14.6. The lowest BCUT2D eigenvalue weighted by atomic mass is 9.68. The van der Waals surface area contributed by atoms with E-state index in [9.17, 15) is 4.79 Å². The normalized spacial score (nSPS) is 37.9. The molecule has 3 saturated heterocycles. The number of piperidine rings is 3. The Morgan fingerprint density at radius 3 is 3.09 bits per heavy atom. The molecule has 0 spiro atoms. The summed E-state index contributed by atoms with van der Waals surface area (Å²) in [5, 5.41) is 3.02. The maximum Gasteiger partial charge on any atom is 0.317 e. The third-order valence-corrected chi connectivity index (χ3v) is 6.25. The smallest absolute Gasteiger partial charge is 0.317 e. The van der Waals surface area contributed by atoms with Gasteiger partial charge in [-0.2, -0.15) is 0 Å². The van der Waals surface area contributed by atoms with E-state index in [1.807, 2.05) is 6.92 Å². The van der Waals surface area contributed by atoms with Gasteiger partial charge in [-0.3, -0.25) is 4.90 Å². The summed E-state index contributed by atoms with van der Waals surface area (Å²) in [6, 6.07) is 1.31. The number of nitrogens with one attached hydrogen (secondary N) is 1. The topological polar surface area (TPSA) is 35.6 Å². The molecule has 4 atom stereocenters. The monoisotopic (exact) mass is 303 g/mol. The minimum absolute atomic E-state index is 0.150. The number of carbonyl (C=O) groups is 1. The summed E-state index contributed by atoms with van der Waals surface area (Å²) in [6.45, 7) is 6.14. The number of urea groups is 1. The quantitative estimate of drug-likeness (QED) is 0.756. The van der Waals surface area contributed by atoms with Gasteiger partial charge in [0.25, 0.3) is 0 Å². The predicted octanol–water partition coefficient (Wildman–Crippen LogP) is 2.61. The fourth-order valence-corrected chi connectivity index (χ4v) is 5.45. The predicted molar refractivity (Wildman–Crippen MR) is 87.7 cm³/mol. The van der Waals surface area contributed by atoms with Gasteiger partial charge in [0.05, 0.1) is 6.04 Å². The molecule has 22 heavy (non-hydrogen) atoms. The lowest BCUT2D eigenvalue weighted by molar-refractivity contribution is 0.00795. The summed E-state index contributed by atoms with van der Waals surface area (Å²) in [7, 11) is 0. The largest absolute Gasteiger partial charge is 0.338 e. The summed E-state index contributed by atoms with van der Waals surface area (Å²) in [5.74, 6) is 1.40. The third kappa shape index (κ3) is 2.36. The molecular formula is C18H29N3O. The molecule has 4 aliphatic rings. The van der Waals surface area contributed by atoms with Crippen molar-refractivity contribution in [3.8, 4) is 0 Å². The van der Waals surface area contributed by atoms with Crippen LogP contribution in [0.5, 0.6) is 0 Å². The zero-order valence-electron chi connectivity index (χ0n) is 13.8. The van der Waals surface area contributed by atoms with Crippen LogP contribution in [-0.2, 0) is 0 Å². The van der Waals surface area contributed by atoms with E-state index in [0.717, 1.165) is 31.5 Å². The second kappa shape index (κ2) is 5.88. The number of nitrogens with zero attached hydrogens (tertiary/aromatic N) is 2. The highest BCUT2D eigenvalue weighted by atomic mass is 16.2. The van der Waals surface area contributed by atoms with Crippen LogP contribution in [0.25, 0.3) is 0 Å². The summed E-state index contributed by atoms with van der Waals surface area (Å²) < 4.78 is 0. The molecule has 1 aliphatic carbocycles. The second-order valence-corrected chi connectivity index (χ2v) is 7.54. The molecule has 4 nitrogen and oxygen atoms in total. The maximum absolute atomic E-state index is 12.5. The molecule has 4 rings (SSSR count). The molecule has 122 valence electrons. The van der Waals surface area contributed by atoms with Gasteiger partial charge >= 0.3 is 6.03 Å². The minimum atomic E-state index is 0.150. The van der Waals surface area contributed by atoms with E-state index in [-0.39, 0.29) is 6.03 Å². The van der Waals surface area contributed by atoms with Crippen LogP contribution >= 0.6 is 0 Å². The van der Waals surface area contributed by atoms with E-state index in [1.165, 1.54) is 45.2 Å². The molecule has 2 bridgehead atoms. The highest BCUT2D eigenvalue weighted by Crippen LogP contribution is 2.44. The van der Waals surface area contributed by atoms with Gasteiger partial charge in [0.2, 0.25) is 0 Å². The molecule has 3 fully saturated rings. The Balaban J connectivity index is 1.61. The van der Waals surface area contributed by atoms with E-state index in [2.05, 4.69) is 21.2 Å². The Morgan fingerprint density at radius 1 is 1.32 bits per heavy atom. The van der Waals surface area contributed by atoms with Gasteiger partial charge in [0, 0.05) is 25.7 Å². The van der Waals surface area contributed by atoms with Gasteiger partial charge in [-0.25, -0.2) is 4.79 Å². The molecule has 0 aromatic heterocycles. The third-order valence-electron chi connectivity index (χ3n) is 6.25. The SMILES string of the molecule is CCNC(=O)N1CCCC2=CC3CC(CN4CCCC[C@H]34)[C@@H]21.